The summed E-state index contributed by atoms with van der Waals surface area (Å²) in [5, 5.41) is 1.74. The van der Waals surface area contributed by atoms with Crippen molar-refractivity contribution in [2.45, 2.75) is 17.4 Å². The smallest absolute Gasteiger partial charge is 0.257 e. The van der Waals surface area contributed by atoms with Crippen LogP contribution in [0.1, 0.15) is 5.56 Å². The summed E-state index contributed by atoms with van der Waals surface area (Å²) in [5.41, 5.74) is 5.05. The number of aromatic nitrogens is 2. The molecule has 1 heterocycles. The van der Waals surface area contributed by atoms with Crippen LogP contribution in [0.4, 0.5) is 0 Å². The van der Waals surface area contributed by atoms with Gasteiger partial charge in [-0.15, -0.1) is 0 Å². The zero-order valence-electron chi connectivity index (χ0n) is 18.1. The Morgan fingerprint density at radius 2 is 1.56 bits per heavy atom. The summed E-state index contributed by atoms with van der Waals surface area (Å²) < 4.78 is 30.7. The van der Waals surface area contributed by atoms with Gasteiger partial charge in [-0.2, -0.15) is 4.72 Å². The largest absolute Gasteiger partial charge is 0.271 e. The highest BCUT2D eigenvalue weighted by Gasteiger charge is 2.27. The van der Waals surface area contributed by atoms with Gasteiger partial charge in [-0.25, -0.2) is 18.1 Å². The van der Waals surface area contributed by atoms with Crippen LogP contribution in [0.5, 0.6) is 0 Å². The number of nitrogens with zero attached hydrogens (tertiary/aromatic N) is 2. The first kappa shape index (κ1) is 21.8. The average molecular weight is 471 g/mol. The first-order chi connectivity index (χ1) is 16.5. The minimum absolute atomic E-state index is 0.102. The van der Waals surface area contributed by atoms with E-state index >= 15 is 0 Å². The minimum Gasteiger partial charge on any atom is -0.271 e. The first-order valence-electron chi connectivity index (χ1n) is 10.8. The molecule has 34 heavy (non-hydrogen) atoms. The van der Waals surface area contributed by atoms with Gasteiger partial charge in [-0.05, 0) is 47.0 Å². The Hall–Kier alpha value is -4.01. The van der Waals surface area contributed by atoms with Crippen LogP contribution in [-0.4, -0.2) is 30.0 Å². The molecule has 5 rings (SSSR count). The minimum atomic E-state index is -3.97. The Morgan fingerprint density at radius 3 is 2.38 bits per heavy atom. The molecule has 1 atom stereocenters. The molecule has 0 fully saturated rings. The van der Waals surface area contributed by atoms with Crippen molar-refractivity contribution in [2.75, 3.05) is 5.43 Å². The Kier molecular flexibility index (Phi) is 5.83. The standard InChI is InChI=1S/C26H22N4O3S/c31-26(28-30-18-27-23-12-6-7-13-25(23)30)24(16-19-8-2-1-3-9-19)29-34(32,33)22-15-14-20-10-4-5-11-21(20)17-22/h1-15,17-18,24,29H,16H2,(H,28,31)/t24-/m1/s1. The van der Waals surface area contributed by atoms with E-state index in [1.165, 1.54) is 11.0 Å². The Labute approximate surface area is 197 Å². The van der Waals surface area contributed by atoms with Gasteiger partial charge in [-0.3, -0.25) is 10.2 Å². The predicted octanol–water partition coefficient (Wildman–Crippen LogP) is 3.85. The highest BCUT2D eigenvalue weighted by atomic mass is 32.2. The lowest BCUT2D eigenvalue weighted by molar-refractivity contribution is -0.118. The van der Waals surface area contributed by atoms with Gasteiger partial charge >= 0.3 is 0 Å². The van der Waals surface area contributed by atoms with Gasteiger partial charge < -0.3 is 0 Å². The second kappa shape index (κ2) is 9.09. The van der Waals surface area contributed by atoms with Crippen molar-refractivity contribution < 1.29 is 13.2 Å². The van der Waals surface area contributed by atoms with Gasteiger partial charge in [0.25, 0.3) is 5.91 Å². The fourth-order valence-electron chi connectivity index (χ4n) is 3.87. The van der Waals surface area contributed by atoms with E-state index in [0.717, 1.165) is 21.9 Å². The number of carbonyl (C=O) groups is 1. The van der Waals surface area contributed by atoms with Crippen LogP contribution in [0.15, 0.2) is 108 Å². The third-order valence-corrected chi connectivity index (χ3v) is 7.08. The monoisotopic (exact) mass is 470 g/mol. The Balaban J connectivity index is 1.45. The summed E-state index contributed by atoms with van der Waals surface area (Å²) in [6.07, 6.45) is 1.69. The van der Waals surface area contributed by atoms with Crippen LogP contribution in [0.2, 0.25) is 0 Å². The second-order valence-electron chi connectivity index (χ2n) is 7.95. The molecule has 0 saturated heterocycles. The summed E-state index contributed by atoms with van der Waals surface area (Å²) in [6.45, 7) is 0. The van der Waals surface area contributed by atoms with Crippen molar-refractivity contribution in [2.24, 2.45) is 0 Å². The van der Waals surface area contributed by atoms with Gasteiger partial charge in [0.1, 0.15) is 12.4 Å². The molecule has 0 bridgehead atoms. The molecule has 5 aromatic rings. The molecular formula is C26H22N4O3S. The van der Waals surface area contributed by atoms with E-state index in [4.69, 9.17) is 0 Å². The zero-order chi connectivity index (χ0) is 23.5. The number of carbonyl (C=O) groups excluding carboxylic acids is 1. The number of para-hydroxylation sites is 2. The summed E-state index contributed by atoms with van der Waals surface area (Å²) >= 11 is 0. The van der Waals surface area contributed by atoms with Crippen molar-refractivity contribution in [1.29, 1.82) is 0 Å². The van der Waals surface area contributed by atoms with Crippen molar-refractivity contribution in [3.63, 3.8) is 0 Å². The number of imidazole rings is 1. The molecule has 1 aromatic heterocycles. The van der Waals surface area contributed by atoms with Crippen LogP contribution in [0.25, 0.3) is 21.8 Å². The van der Waals surface area contributed by atoms with E-state index in [-0.39, 0.29) is 11.3 Å². The number of fused-ring (bicyclic) bond motifs is 2. The molecule has 4 aromatic carbocycles. The molecule has 0 unspecified atom stereocenters. The Morgan fingerprint density at radius 1 is 0.853 bits per heavy atom. The molecule has 0 spiro atoms. The van der Waals surface area contributed by atoms with Crippen LogP contribution in [0.3, 0.4) is 0 Å². The summed E-state index contributed by atoms with van der Waals surface area (Å²) in [4.78, 5) is 17.7. The quantitative estimate of drug-likeness (QED) is 0.378. The average Bonchev–Trinajstić information content (AvgIpc) is 3.26. The maximum absolute atomic E-state index is 13.3. The van der Waals surface area contributed by atoms with Gasteiger partial charge in [0, 0.05) is 0 Å². The van der Waals surface area contributed by atoms with Crippen molar-refractivity contribution in [3.8, 4) is 0 Å². The van der Waals surface area contributed by atoms with Crippen LogP contribution in [0, 0.1) is 0 Å². The molecule has 8 heteroatoms. The zero-order valence-corrected chi connectivity index (χ0v) is 18.9. The number of hydrogen-bond donors (Lipinski definition) is 2. The fourth-order valence-corrected chi connectivity index (χ4v) is 5.10. The normalized spacial score (nSPS) is 12.6. The van der Waals surface area contributed by atoms with Gasteiger partial charge in [-0.1, -0.05) is 72.8 Å². The number of amides is 1. The van der Waals surface area contributed by atoms with Crippen molar-refractivity contribution >= 4 is 37.7 Å². The molecule has 0 radical (unpaired) electrons. The summed E-state index contributed by atoms with van der Waals surface area (Å²) in [5.74, 6) is -0.489. The van der Waals surface area contributed by atoms with E-state index in [1.54, 1.807) is 18.2 Å². The molecule has 0 aliphatic heterocycles. The van der Waals surface area contributed by atoms with Crippen molar-refractivity contribution in [3.05, 3.63) is 109 Å². The topological polar surface area (TPSA) is 93.1 Å². The second-order valence-corrected chi connectivity index (χ2v) is 9.67. The lowest BCUT2D eigenvalue weighted by atomic mass is 10.1. The van der Waals surface area contributed by atoms with E-state index in [2.05, 4.69) is 15.1 Å². The maximum atomic E-state index is 13.3. The lowest BCUT2D eigenvalue weighted by Gasteiger charge is -2.19. The lowest BCUT2D eigenvalue weighted by Crippen LogP contribution is -2.46. The van der Waals surface area contributed by atoms with Gasteiger partial charge in [0.15, 0.2) is 0 Å². The van der Waals surface area contributed by atoms with Gasteiger partial charge in [0.2, 0.25) is 10.0 Å². The SMILES string of the molecule is O=C(Nn1cnc2ccccc21)[C@@H](Cc1ccccc1)NS(=O)(=O)c1ccc2ccccc2c1. The molecule has 170 valence electrons. The fraction of sp³-hybridized carbons (Fsp3) is 0.0769. The summed E-state index contributed by atoms with van der Waals surface area (Å²) in [6, 6.07) is 28.1. The molecule has 2 N–H and O–H groups in total. The highest BCUT2D eigenvalue weighted by Crippen LogP contribution is 2.20. The van der Waals surface area contributed by atoms with E-state index in [9.17, 15) is 13.2 Å². The first-order valence-corrected chi connectivity index (χ1v) is 12.3. The molecular weight excluding hydrogens is 448 g/mol. The number of nitrogens with one attached hydrogen (secondary N) is 2. The van der Waals surface area contributed by atoms with Crippen LogP contribution >= 0.6 is 0 Å². The predicted molar refractivity (Wildman–Crippen MR) is 132 cm³/mol. The van der Waals surface area contributed by atoms with Crippen LogP contribution in [-0.2, 0) is 21.2 Å². The molecule has 0 aliphatic rings. The highest BCUT2D eigenvalue weighted by molar-refractivity contribution is 7.89. The molecule has 1 amide bonds. The molecule has 7 nitrogen and oxygen atoms in total. The third kappa shape index (κ3) is 4.54. The van der Waals surface area contributed by atoms with Gasteiger partial charge in [0.05, 0.1) is 15.9 Å². The van der Waals surface area contributed by atoms with Crippen LogP contribution < -0.4 is 10.1 Å². The molecule has 0 aliphatic carbocycles. The Bertz CT molecular complexity index is 1580. The van der Waals surface area contributed by atoms with E-state index in [0.29, 0.717) is 5.52 Å². The number of rotatable bonds is 7. The number of hydrogen-bond acceptors (Lipinski definition) is 4. The third-order valence-electron chi connectivity index (χ3n) is 5.61. The maximum Gasteiger partial charge on any atom is 0.257 e. The number of benzene rings is 4. The molecule has 0 saturated carbocycles. The van der Waals surface area contributed by atoms with Crippen molar-refractivity contribution in [1.82, 2.24) is 14.4 Å². The van der Waals surface area contributed by atoms with E-state index in [1.807, 2.05) is 78.9 Å². The van der Waals surface area contributed by atoms with E-state index < -0.39 is 22.0 Å². The number of sulfonamides is 1. The summed E-state index contributed by atoms with van der Waals surface area (Å²) in [7, 11) is -3.97.